The molecule has 0 aromatic heterocycles. The van der Waals surface area contributed by atoms with Gasteiger partial charge in [-0.15, -0.1) is 0 Å². The third-order valence-electron chi connectivity index (χ3n) is 4.69. The quantitative estimate of drug-likeness (QED) is 0.800. The monoisotopic (exact) mass is 414 g/mol. The summed E-state index contributed by atoms with van der Waals surface area (Å²) in [5.74, 6) is 0. The number of hydrogen-bond donors (Lipinski definition) is 1. The number of alkyl halides is 3. The highest BCUT2D eigenvalue weighted by Crippen LogP contribution is 2.30. The average Bonchev–Trinajstić information content (AvgIpc) is 2.68. The standard InChI is InChI=1S/C19H21F3N2O3S/c1-27-17-3-2-12-24(13-17)16-8-6-15(7-9-16)23-28(25,26)18-10-4-14(5-11-18)19(20,21)22/h4-11,17,23H,2-3,12-13H2,1H3. The van der Waals surface area contributed by atoms with Crippen LogP contribution in [0.4, 0.5) is 24.5 Å². The molecule has 0 spiro atoms. The predicted molar refractivity (Wildman–Crippen MR) is 101 cm³/mol. The van der Waals surface area contributed by atoms with E-state index in [0.717, 1.165) is 55.9 Å². The lowest BCUT2D eigenvalue weighted by atomic mass is 10.1. The third kappa shape index (κ3) is 4.77. The van der Waals surface area contributed by atoms with E-state index in [2.05, 4.69) is 9.62 Å². The lowest BCUT2D eigenvalue weighted by Gasteiger charge is -2.33. The molecule has 5 nitrogen and oxygen atoms in total. The molecule has 0 bridgehead atoms. The molecule has 2 aromatic rings. The van der Waals surface area contributed by atoms with E-state index in [-0.39, 0.29) is 11.0 Å². The van der Waals surface area contributed by atoms with Gasteiger partial charge in [0.05, 0.1) is 16.6 Å². The molecule has 0 saturated carbocycles. The molecule has 0 radical (unpaired) electrons. The van der Waals surface area contributed by atoms with Crippen LogP contribution in [0.25, 0.3) is 0 Å². The van der Waals surface area contributed by atoms with Gasteiger partial charge in [-0.2, -0.15) is 13.2 Å². The Morgan fingerprint density at radius 3 is 2.29 bits per heavy atom. The number of hydrogen-bond acceptors (Lipinski definition) is 4. The molecule has 1 atom stereocenters. The molecule has 152 valence electrons. The van der Waals surface area contributed by atoms with Gasteiger partial charge < -0.3 is 9.64 Å². The molecule has 1 N–H and O–H groups in total. The smallest absolute Gasteiger partial charge is 0.380 e. The summed E-state index contributed by atoms with van der Waals surface area (Å²) in [6.45, 7) is 1.67. The van der Waals surface area contributed by atoms with E-state index in [1.54, 1.807) is 19.2 Å². The Morgan fingerprint density at radius 1 is 1.07 bits per heavy atom. The highest BCUT2D eigenvalue weighted by Gasteiger charge is 2.30. The lowest BCUT2D eigenvalue weighted by Crippen LogP contribution is -2.39. The maximum absolute atomic E-state index is 12.6. The first-order valence-electron chi connectivity index (χ1n) is 8.77. The van der Waals surface area contributed by atoms with Crippen LogP contribution in [-0.2, 0) is 20.9 Å². The van der Waals surface area contributed by atoms with Crippen LogP contribution in [0.2, 0.25) is 0 Å². The summed E-state index contributed by atoms with van der Waals surface area (Å²) in [7, 11) is -2.29. The number of sulfonamides is 1. The van der Waals surface area contributed by atoms with Gasteiger partial charge >= 0.3 is 6.18 Å². The number of anilines is 2. The van der Waals surface area contributed by atoms with Crippen molar-refractivity contribution < 1.29 is 26.3 Å². The fourth-order valence-corrected chi connectivity index (χ4v) is 4.20. The van der Waals surface area contributed by atoms with Crippen molar-refractivity contribution >= 4 is 21.4 Å². The molecule has 1 aliphatic heterocycles. The Kier molecular flexibility index (Phi) is 5.85. The van der Waals surface area contributed by atoms with Gasteiger partial charge in [0.15, 0.2) is 0 Å². The summed E-state index contributed by atoms with van der Waals surface area (Å²) in [6.07, 6.45) is -2.31. The second kappa shape index (κ2) is 8.00. The number of piperidine rings is 1. The SMILES string of the molecule is COC1CCCN(c2ccc(NS(=O)(=O)c3ccc(C(F)(F)F)cc3)cc2)C1. The molecule has 28 heavy (non-hydrogen) atoms. The van der Waals surface area contributed by atoms with Crippen LogP contribution in [0.5, 0.6) is 0 Å². The second-order valence-electron chi connectivity index (χ2n) is 6.62. The second-order valence-corrected chi connectivity index (χ2v) is 8.30. The summed E-state index contributed by atoms with van der Waals surface area (Å²) >= 11 is 0. The van der Waals surface area contributed by atoms with Gasteiger partial charge in [-0.25, -0.2) is 8.42 Å². The first-order valence-corrected chi connectivity index (χ1v) is 10.3. The van der Waals surface area contributed by atoms with Crippen molar-refractivity contribution in [2.24, 2.45) is 0 Å². The number of nitrogens with one attached hydrogen (secondary N) is 1. The molecular weight excluding hydrogens is 393 g/mol. The maximum Gasteiger partial charge on any atom is 0.416 e. The summed E-state index contributed by atoms with van der Waals surface area (Å²) in [6, 6.07) is 10.3. The Hall–Kier alpha value is -2.26. The summed E-state index contributed by atoms with van der Waals surface area (Å²) in [5.41, 5.74) is 0.398. The molecule has 0 aliphatic carbocycles. The van der Waals surface area contributed by atoms with Crippen LogP contribution in [0, 0.1) is 0 Å². The van der Waals surface area contributed by atoms with Gasteiger partial charge in [-0.3, -0.25) is 4.72 Å². The molecule has 1 aliphatic rings. The number of rotatable bonds is 5. The minimum atomic E-state index is -4.51. The molecule has 1 saturated heterocycles. The van der Waals surface area contributed by atoms with Crippen molar-refractivity contribution in [1.82, 2.24) is 0 Å². The van der Waals surface area contributed by atoms with Crippen molar-refractivity contribution in [3.8, 4) is 0 Å². The van der Waals surface area contributed by atoms with Crippen molar-refractivity contribution in [2.45, 2.75) is 30.0 Å². The maximum atomic E-state index is 12.6. The van der Waals surface area contributed by atoms with Crippen LogP contribution in [-0.4, -0.2) is 34.7 Å². The Bertz CT molecular complexity index is 898. The van der Waals surface area contributed by atoms with Gasteiger partial charge in [0.1, 0.15) is 0 Å². The first kappa shape index (κ1) is 20.5. The molecule has 0 amide bonds. The predicted octanol–water partition coefficient (Wildman–Crippen LogP) is 4.12. The minimum Gasteiger partial charge on any atom is -0.380 e. The molecule has 3 rings (SSSR count). The zero-order valence-corrected chi connectivity index (χ0v) is 16.1. The van der Waals surface area contributed by atoms with E-state index in [1.807, 2.05) is 12.1 Å². The fourth-order valence-electron chi connectivity index (χ4n) is 3.14. The third-order valence-corrected chi connectivity index (χ3v) is 6.09. The number of nitrogens with zero attached hydrogens (tertiary/aromatic N) is 1. The molecule has 1 fully saturated rings. The van der Waals surface area contributed by atoms with E-state index >= 15 is 0 Å². The van der Waals surface area contributed by atoms with Crippen molar-refractivity contribution in [1.29, 1.82) is 0 Å². The Labute approximate surface area is 162 Å². The van der Waals surface area contributed by atoms with Gasteiger partial charge in [-0.05, 0) is 61.4 Å². The zero-order valence-electron chi connectivity index (χ0n) is 15.2. The zero-order chi connectivity index (χ0) is 20.4. The topological polar surface area (TPSA) is 58.6 Å². The van der Waals surface area contributed by atoms with Crippen LogP contribution < -0.4 is 9.62 Å². The summed E-state index contributed by atoms with van der Waals surface area (Å²) in [4.78, 5) is 1.94. The van der Waals surface area contributed by atoms with Gasteiger partial charge in [0.2, 0.25) is 0 Å². The minimum absolute atomic E-state index is 0.173. The van der Waals surface area contributed by atoms with E-state index in [4.69, 9.17) is 4.74 Å². The molecule has 1 heterocycles. The Morgan fingerprint density at radius 2 is 1.71 bits per heavy atom. The highest BCUT2D eigenvalue weighted by atomic mass is 32.2. The molecule has 2 aromatic carbocycles. The van der Waals surface area contributed by atoms with E-state index in [0.29, 0.717) is 5.69 Å². The van der Waals surface area contributed by atoms with Gasteiger partial charge in [0.25, 0.3) is 10.0 Å². The average molecular weight is 414 g/mol. The van der Waals surface area contributed by atoms with Crippen molar-refractivity contribution in [2.75, 3.05) is 29.8 Å². The van der Waals surface area contributed by atoms with E-state index in [9.17, 15) is 21.6 Å². The van der Waals surface area contributed by atoms with Crippen LogP contribution in [0.1, 0.15) is 18.4 Å². The van der Waals surface area contributed by atoms with Gasteiger partial charge in [0, 0.05) is 31.6 Å². The molecule has 1 unspecified atom stereocenters. The van der Waals surface area contributed by atoms with Gasteiger partial charge in [-0.1, -0.05) is 0 Å². The van der Waals surface area contributed by atoms with E-state index in [1.165, 1.54) is 0 Å². The van der Waals surface area contributed by atoms with Crippen LogP contribution in [0.15, 0.2) is 53.4 Å². The number of ether oxygens (including phenoxy) is 1. The fraction of sp³-hybridized carbons (Fsp3) is 0.368. The number of benzene rings is 2. The van der Waals surface area contributed by atoms with Crippen LogP contribution >= 0.6 is 0 Å². The summed E-state index contributed by atoms with van der Waals surface area (Å²) in [5, 5.41) is 0. The number of methoxy groups -OCH3 is 1. The molecular formula is C19H21F3N2O3S. The number of halogens is 3. The lowest BCUT2D eigenvalue weighted by molar-refractivity contribution is -0.137. The first-order chi connectivity index (χ1) is 13.2. The van der Waals surface area contributed by atoms with Crippen molar-refractivity contribution in [3.63, 3.8) is 0 Å². The molecule has 9 heteroatoms. The largest absolute Gasteiger partial charge is 0.416 e. The Balaban J connectivity index is 1.70. The normalized spacial score (nSPS) is 18.1. The van der Waals surface area contributed by atoms with Crippen LogP contribution in [0.3, 0.4) is 0 Å². The van der Waals surface area contributed by atoms with Crippen molar-refractivity contribution in [3.05, 3.63) is 54.1 Å². The van der Waals surface area contributed by atoms with E-state index < -0.39 is 21.8 Å². The summed E-state index contributed by atoms with van der Waals surface area (Å²) < 4.78 is 70.5. The highest BCUT2D eigenvalue weighted by molar-refractivity contribution is 7.92.